The van der Waals surface area contributed by atoms with E-state index in [0.717, 1.165) is 11.3 Å². The Balaban J connectivity index is 2.24. The third-order valence-electron chi connectivity index (χ3n) is 3.04. The molecule has 1 amide bonds. The van der Waals surface area contributed by atoms with Crippen molar-refractivity contribution in [1.29, 1.82) is 0 Å². The number of phenols is 1. The molecule has 1 saturated heterocycles. The Labute approximate surface area is 94.7 Å². The lowest BCUT2D eigenvalue weighted by atomic mass is 10.1. The van der Waals surface area contributed by atoms with Gasteiger partial charge in [0.1, 0.15) is 5.75 Å². The Morgan fingerprint density at radius 2 is 2.31 bits per heavy atom. The van der Waals surface area contributed by atoms with Crippen molar-refractivity contribution in [3.63, 3.8) is 0 Å². The summed E-state index contributed by atoms with van der Waals surface area (Å²) in [4.78, 5) is 13.4. The van der Waals surface area contributed by atoms with Crippen molar-refractivity contribution < 1.29 is 9.90 Å². The van der Waals surface area contributed by atoms with E-state index in [9.17, 15) is 9.90 Å². The van der Waals surface area contributed by atoms with E-state index < -0.39 is 0 Å². The van der Waals surface area contributed by atoms with E-state index >= 15 is 0 Å². The lowest BCUT2D eigenvalue weighted by Crippen LogP contribution is -2.25. The van der Waals surface area contributed by atoms with Crippen LogP contribution in [0.2, 0.25) is 0 Å². The number of phenolic OH excluding ortho intramolecular Hbond substituents is 1. The van der Waals surface area contributed by atoms with Gasteiger partial charge >= 0.3 is 0 Å². The minimum atomic E-state index is 0.0821. The number of nitrogens with zero attached hydrogens (tertiary/aromatic N) is 1. The normalized spacial score (nSPS) is 20.5. The summed E-state index contributed by atoms with van der Waals surface area (Å²) in [6, 6.07) is 5.30. The molecule has 2 rings (SSSR count). The number of hydrogen-bond acceptors (Lipinski definition) is 3. The summed E-state index contributed by atoms with van der Waals surface area (Å²) < 4.78 is 0. The van der Waals surface area contributed by atoms with Gasteiger partial charge in [-0.25, -0.2) is 0 Å². The molecule has 16 heavy (non-hydrogen) atoms. The molecule has 86 valence electrons. The lowest BCUT2D eigenvalue weighted by molar-refractivity contribution is -0.117. The Kier molecular flexibility index (Phi) is 2.83. The summed E-state index contributed by atoms with van der Waals surface area (Å²) in [5, 5.41) is 9.61. The first kappa shape index (κ1) is 11.0. The van der Waals surface area contributed by atoms with Gasteiger partial charge in [-0.1, -0.05) is 6.07 Å². The molecule has 0 saturated carbocycles. The maximum absolute atomic E-state index is 11.7. The zero-order valence-electron chi connectivity index (χ0n) is 9.31. The summed E-state index contributed by atoms with van der Waals surface area (Å²) >= 11 is 0. The van der Waals surface area contributed by atoms with Crippen LogP contribution in [0, 0.1) is 12.8 Å². The third kappa shape index (κ3) is 1.88. The van der Waals surface area contributed by atoms with Gasteiger partial charge < -0.3 is 15.7 Å². The second-order valence-electron chi connectivity index (χ2n) is 4.28. The first-order valence-corrected chi connectivity index (χ1v) is 5.42. The number of rotatable bonds is 2. The summed E-state index contributed by atoms with van der Waals surface area (Å²) in [5.41, 5.74) is 7.13. The molecule has 1 unspecified atom stereocenters. The summed E-state index contributed by atoms with van der Waals surface area (Å²) in [6.07, 6.45) is 0.505. The van der Waals surface area contributed by atoms with Gasteiger partial charge in [0.2, 0.25) is 5.91 Å². The van der Waals surface area contributed by atoms with Crippen molar-refractivity contribution >= 4 is 11.6 Å². The Morgan fingerprint density at radius 1 is 1.56 bits per heavy atom. The van der Waals surface area contributed by atoms with Crippen LogP contribution in [-0.2, 0) is 4.79 Å². The minimum Gasteiger partial charge on any atom is -0.508 e. The number of carbonyl (C=O) groups excluding carboxylic acids is 1. The highest BCUT2D eigenvalue weighted by Gasteiger charge is 2.29. The molecule has 3 N–H and O–H groups in total. The average molecular weight is 220 g/mol. The van der Waals surface area contributed by atoms with E-state index in [2.05, 4.69) is 0 Å². The van der Waals surface area contributed by atoms with Crippen molar-refractivity contribution in [1.82, 2.24) is 0 Å². The molecule has 1 aromatic rings. The van der Waals surface area contributed by atoms with Gasteiger partial charge in [0, 0.05) is 24.7 Å². The van der Waals surface area contributed by atoms with Crippen molar-refractivity contribution in [3.05, 3.63) is 23.8 Å². The summed E-state index contributed by atoms with van der Waals surface area (Å²) in [5.74, 6) is 0.538. The van der Waals surface area contributed by atoms with Gasteiger partial charge in [0.05, 0.1) is 0 Å². The predicted octanol–water partition coefficient (Wildman–Crippen LogP) is 1.01. The van der Waals surface area contributed by atoms with Crippen molar-refractivity contribution in [2.75, 3.05) is 18.0 Å². The molecule has 1 fully saturated rings. The fraction of sp³-hybridized carbons (Fsp3) is 0.417. The zero-order chi connectivity index (χ0) is 11.7. The van der Waals surface area contributed by atoms with Gasteiger partial charge in [-0.05, 0) is 31.0 Å². The largest absolute Gasteiger partial charge is 0.508 e. The number of benzene rings is 1. The number of nitrogens with two attached hydrogens (primary N) is 1. The molecule has 1 heterocycles. The molecular weight excluding hydrogens is 204 g/mol. The first-order valence-electron chi connectivity index (χ1n) is 5.42. The number of hydrogen-bond donors (Lipinski definition) is 2. The maximum Gasteiger partial charge on any atom is 0.227 e. The monoisotopic (exact) mass is 220 g/mol. The van der Waals surface area contributed by atoms with Crippen LogP contribution in [0.4, 0.5) is 5.69 Å². The molecule has 1 aliphatic heterocycles. The Morgan fingerprint density at radius 3 is 2.88 bits per heavy atom. The fourth-order valence-electron chi connectivity index (χ4n) is 1.95. The van der Waals surface area contributed by atoms with Crippen LogP contribution in [-0.4, -0.2) is 24.1 Å². The third-order valence-corrected chi connectivity index (χ3v) is 3.04. The molecular formula is C12H16N2O2. The van der Waals surface area contributed by atoms with Crippen LogP contribution in [0.3, 0.4) is 0 Å². The molecule has 0 radical (unpaired) electrons. The number of anilines is 1. The van der Waals surface area contributed by atoms with Crippen LogP contribution in [0.1, 0.15) is 12.0 Å². The number of amides is 1. The number of aryl methyl sites for hydroxylation is 1. The minimum absolute atomic E-state index is 0.0821. The van der Waals surface area contributed by atoms with Gasteiger partial charge in [-0.3, -0.25) is 4.79 Å². The Bertz CT molecular complexity index is 417. The second kappa shape index (κ2) is 4.14. The SMILES string of the molecule is Cc1ccc(N2CC(CN)CC2=O)cc1O. The molecule has 1 atom stereocenters. The average Bonchev–Trinajstić information content (AvgIpc) is 2.64. The maximum atomic E-state index is 11.7. The first-order chi connectivity index (χ1) is 7.61. The predicted molar refractivity (Wildman–Crippen MR) is 62.4 cm³/mol. The van der Waals surface area contributed by atoms with E-state index in [0.29, 0.717) is 19.5 Å². The van der Waals surface area contributed by atoms with Crippen LogP contribution >= 0.6 is 0 Å². The van der Waals surface area contributed by atoms with Crippen LogP contribution < -0.4 is 10.6 Å². The molecule has 0 spiro atoms. The molecule has 4 nitrogen and oxygen atoms in total. The smallest absolute Gasteiger partial charge is 0.227 e. The van der Waals surface area contributed by atoms with E-state index in [4.69, 9.17) is 5.73 Å². The standard InChI is InChI=1S/C12H16N2O2/c1-8-2-3-10(5-11(8)15)14-7-9(6-13)4-12(14)16/h2-3,5,9,15H,4,6-7,13H2,1H3. The lowest BCUT2D eigenvalue weighted by Gasteiger charge is -2.17. The molecule has 1 aliphatic rings. The molecule has 0 aliphatic carbocycles. The van der Waals surface area contributed by atoms with Gasteiger partial charge in [0.15, 0.2) is 0 Å². The number of carbonyl (C=O) groups is 1. The quantitative estimate of drug-likeness (QED) is 0.781. The van der Waals surface area contributed by atoms with E-state index in [1.165, 1.54) is 0 Å². The highest BCUT2D eigenvalue weighted by atomic mass is 16.3. The van der Waals surface area contributed by atoms with Crippen molar-refractivity contribution in [2.45, 2.75) is 13.3 Å². The molecule has 4 heteroatoms. The fourth-order valence-corrected chi connectivity index (χ4v) is 1.95. The van der Waals surface area contributed by atoms with Crippen LogP contribution in [0.25, 0.3) is 0 Å². The van der Waals surface area contributed by atoms with E-state index in [-0.39, 0.29) is 17.6 Å². The zero-order valence-corrected chi connectivity index (χ0v) is 9.31. The second-order valence-corrected chi connectivity index (χ2v) is 4.28. The van der Waals surface area contributed by atoms with Crippen molar-refractivity contribution in [2.24, 2.45) is 11.7 Å². The molecule has 0 bridgehead atoms. The molecule has 0 aromatic heterocycles. The van der Waals surface area contributed by atoms with Gasteiger partial charge in [-0.2, -0.15) is 0 Å². The van der Waals surface area contributed by atoms with Gasteiger partial charge in [-0.15, -0.1) is 0 Å². The van der Waals surface area contributed by atoms with Crippen molar-refractivity contribution in [3.8, 4) is 5.75 Å². The molecule has 1 aromatic carbocycles. The topological polar surface area (TPSA) is 66.6 Å². The highest BCUT2D eigenvalue weighted by Crippen LogP contribution is 2.28. The van der Waals surface area contributed by atoms with Gasteiger partial charge in [0.25, 0.3) is 0 Å². The summed E-state index contributed by atoms with van der Waals surface area (Å²) in [6.45, 7) is 3.01. The van der Waals surface area contributed by atoms with E-state index in [1.807, 2.05) is 19.1 Å². The van der Waals surface area contributed by atoms with Crippen LogP contribution in [0.15, 0.2) is 18.2 Å². The number of aromatic hydroxyl groups is 1. The Hall–Kier alpha value is -1.55. The highest BCUT2D eigenvalue weighted by molar-refractivity contribution is 5.96. The van der Waals surface area contributed by atoms with Crippen LogP contribution in [0.5, 0.6) is 5.75 Å². The van der Waals surface area contributed by atoms with E-state index in [1.54, 1.807) is 11.0 Å². The summed E-state index contributed by atoms with van der Waals surface area (Å²) in [7, 11) is 0.